The number of hydrogen-bond donors (Lipinski definition) is 2. The first-order chi connectivity index (χ1) is 20.4. The molecule has 1 aromatic heterocycles. The summed E-state index contributed by atoms with van der Waals surface area (Å²) in [6.07, 6.45) is 1.41. The number of rotatable bonds is 9. The minimum atomic E-state index is -0.566. The number of aromatic amines is 1. The monoisotopic (exact) mass is 627 g/mol. The second-order valence-electron chi connectivity index (χ2n) is 8.96. The number of H-pyrrole nitrogens is 1. The maximum atomic E-state index is 13.5. The number of hydrogen-bond acceptors (Lipinski definition) is 7. The molecule has 9 nitrogen and oxygen atoms in total. The third-order valence-corrected chi connectivity index (χ3v) is 6.95. The first kappa shape index (κ1) is 28.4. The van der Waals surface area contributed by atoms with Gasteiger partial charge in [0.25, 0.3) is 5.91 Å². The number of nitrogens with one attached hydrogen (secondary N) is 2. The standard InChI is InChI=1S/C32H26BrN3O6/c1-39-23-11-7-10-20(17-23)32(38)42-24-13-12-22(33)16-21(24)18-34-36-31(37)30-27(19-8-5-4-6-9-19)28-25(40-2)14-15-26(41-3)29(28)35-30/h4-18,35H,1-3H3,(H,36,37). The molecule has 1 heterocycles. The fourth-order valence-corrected chi connectivity index (χ4v) is 4.87. The van der Waals surface area contributed by atoms with Crippen molar-refractivity contribution in [3.8, 4) is 34.1 Å². The molecule has 10 heteroatoms. The quantitative estimate of drug-likeness (QED) is 0.0823. The lowest BCUT2D eigenvalue weighted by atomic mass is 10.0. The van der Waals surface area contributed by atoms with Crippen LogP contribution in [-0.4, -0.2) is 44.4 Å². The van der Waals surface area contributed by atoms with Gasteiger partial charge in [-0.15, -0.1) is 0 Å². The number of methoxy groups -OCH3 is 3. The fourth-order valence-electron chi connectivity index (χ4n) is 4.49. The molecular weight excluding hydrogens is 602 g/mol. The Morgan fingerprint density at radius 3 is 2.31 bits per heavy atom. The van der Waals surface area contributed by atoms with Crippen LogP contribution in [0.5, 0.6) is 23.0 Å². The molecule has 5 aromatic rings. The Balaban J connectivity index is 1.46. The molecule has 212 valence electrons. The van der Waals surface area contributed by atoms with E-state index < -0.39 is 11.9 Å². The molecule has 2 N–H and O–H groups in total. The van der Waals surface area contributed by atoms with Crippen molar-refractivity contribution in [1.29, 1.82) is 0 Å². The largest absolute Gasteiger partial charge is 0.497 e. The van der Waals surface area contributed by atoms with Gasteiger partial charge in [-0.25, -0.2) is 10.2 Å². The van der Waals surface area contributed by atoms with Crippen LogP contribution in [0.2, 0.25) is 0 Å². The van der Waals surface area contributed by atoms with Gasteiger partial charge in [0.1, 0.15) is 28.7 Å². The van der Waals surface area contributed by atoms with E-state index in [1.165, 1.54) is 13.3 Å². The lowest BCUT2D eigenvalue weighted by molar-refractivity contribution is 0.0733. The number of esters is 1. The van der Waals surface area contributed by atoms with Crippen LogP contribution in [0.15, 0.2) is 94.5 Å². The van der Waals surface area contributed by atoms with E-state index in [9.17, 15) is 9.59 Å². The SMILES string of the molecule is COc1cccc(C(=O)Oc2ccc(Br)cc2C=NNC(=O)c2[nH]c3c(OC)ccc(OC)c3c2-c2ccccc2)c1. The predicted molar refractivity (Wildman–Crippen MR) is 164 cm³/mol. The summed E-state index contributed by atoms with van der Waals surface area (Å²) in [6, 6.07) is 24.8. The Bertz CT molecular complexity index is 1800. The molecule has 0 aliphatic carbocycles. The number of nitrogens with zero attached hydrogens (tertiary/aromatic N) is 1. The zero-order valence-corrected chi connectivity index (χ0v) is 24.5. The van der Waals surface area contributed by atoms with Crippen LogP contribution in [-0.2, 0) is 0 Å². The lowest BCUT2D eigenvalue weighted by Crippen LogP contribution is -2.19. The highest BCUT2D eigenvalue weighted by Gasteiger charge is 2.24. The Kier molecular flexibility index (Phi) is 8.54. The number of aromatic nitrogens is 1. The van der Waals surface area contributed by atoms with Crippen LogP contribution < -0.4 is 24.4 Å². The third-order valence-electron chi connectivity index (χ3n) is 6.46. The number of fused-ring (bicyclic) bond motifs is 1. The number of carbonyl (C=O) groups excluding carboxylic acids is 2. The van der Waals surface area contributed by atoms with Crippen LogP contribution >= 0.6 is 15.9 Å². The molecule has 4 aromatic carbocycles. The minimum Gasteiger partial charge on any atom is -0.497 e. The van der Waals surface area contributed by atoms with Gasteiger partial charge in [-0.3, -0.25) is 4.79 Å². The fraction of sp³-hybridized carbons (Fsp3) is 0.0938. The molecular formula is C32H26BrN3O6. The molecule has 0 aliphatic heterocycles. The molecule has 0 fully saturated rings. The number of hydrazone groups is 1. The Labute approximate surface area is 250 Å². The van der Waals surface area contributed by atoms with Crippen molar-refractivity contribution in [3.63, 3.8) is 0 Å². The highest BCUT2D eigenvalue weighted by molar-refractivity contribution is 9.10. The van der Waals surface area contributed by atoms with Crippen molar-refractivity contribution < 1.29 is 28.5 Å². The third kappa shape index (κ3) is 5.84. The van der Waals surface area contributed by atoms with Crippen LogP contribution in [0.4, 0.5) is 0 Å². The maximum Gasteiger partial charge on any atom is 0.343 e. The molecule has 0 spiro atoms. The van der Waals surface area contributed by atoms with Crippen LogP contribution in [0.25, 0.3) is 22.0 Å². The zero-order valence-electron chi connectivity index (χ0n) is 22.9. The highest BCUT2D eigenvalue weighted by Crippen LogP contribution is 2.42. The van der Waals surface area contributed by atoms with E-state index in [0.29, 0.717) is 44.8 Å². The Morgan fingerprint density at radius 2 is 1.57 bits per heavy atom. The minimum absolute atomic E-state index is 0.258. The summed E-state index contributed by atoms with van der Waals surface area (Å²) in [5.41, 5.74) is 5.71. The van der Waals surface area contributed by atoms with E-state index in [1.54, 1.807) is 68.8 Å². The van der Waals surface area contributed by atoms with E-state index in [4.69, 9.17) is 18.9 Å². The van der Waals surface area contributed by atoms with Gasteiger partial charge in [0.05, 0.1) is 44.0 Å². The zero-order chi connectivity index (χ0) is 29.6. The van der Waals surface area contributed by atoms with Crippen molar-refractivity contribution >= 4 is 44.9 Å². The van der Waals surface area contributed by atoms with E-state index in [2.05, 4.69) is 31.4 Å². The molecule has 0 aliphatic rings. The second kappa shape index (κ2) is 12.6. The van der Waals surface area contributed by atoms with Gasteiger partial charge in [-0.2, -0.15) is 5.10 Å². The summed E-state index contributed by atoms with van der Waals surface area (Å²) in [5.74, 6) is 0.877. The van der Waals surface area contributed by atoms with E-state index >= 15 is 0 Å². The summed E-state index contributed by atoms with van der Waals surface area (Å²) in [5, 5.41) is 4.88. The van der Waals surface area contributed by atoms with Gasteiger partial charge >= 0.3 is 5.97 Å². The van der Waals surface area contributed by atoms with E-state index in [1.807, 2.05) is 30.3 Å². The summed E-state index contributed by atoms with van der Waals surface area (Å²) in [7, 11) is 4.66. The molecule has 1 amide bonds. The number of halogens is 1. The Morgan fingerprint density at radius 1 is 0.833 bits per heavy atom. The first-order valence-corrected chi connectivity index (χ1v) is 13.5. The maximum absolute atomic E-state index is 13.5. The van der Waals surface area contributed by atoms with E-state index in [0.717, 1.165) is 10.0 Å². The normalized spacial score (nSPS) is 11.0. The Hall–Kier alpha value is -5.09. The van der Waals surface area contributed by atoms with Crippen LogP contribution in [0.3, 0.4) is 0 Å². The smallest absolute Gasteiger partial charge is 0.343 e. The highest BCUT2D eigenvalue weighted by atomic mass is 79.9. The van der Waals surface area contributed by atoms with Gasteiger partial charge in [0.15, 0.2) is 0 Å². The van der Waals surface area contributed by atoms with E-state index in [-0.39, 0.29) is 11.4 Å². The molecule has 5 rings (SSSR count). The number of ether oxygens (including phenoxy) is 4. The van der Waals surface area contributed by atoms with Crippen molar-refractivity contribution in [2.75, 3.05) is 21.3 Å². The number of amides is 1. The molecule has 0 saturated heterocycles. The summed E-state index contributed by atoms with van der Waals surface area (Å²) >= 11 is 3.43. The number of benzene rings is 4. The first-order valence-electron chi connectivity index (χ1n) is 12.7. The molecule has 0 unspecified atom stereocenters. The van der Waals surface area contributed by atoms with Gasteiger partial charge in [0, 0.05) is 15.6 Å². The molecule has 0 saturated carbocycles. The summed E-state index contributed by atoms with van der Waals surface area (Å²) in [4.78, 5) is 29.6. The average molecular weight is 628 g/mol. The van der Waals surface area contributed by atoms with Gasteiger partial charge < -0.3 is 23.9 Å². The lowest BCUT2D eigenvalue weighted by Gasteiger charge is -2.09. The predicted octanol–water partition coefficient (Wildman–Crippen LogP) is 6.61. The number of carbonyl (C=O) groups is 2. The van der Waals surface area contributed by atoms with Crippen LogP contribution in [0.1, 0.15) is 26.4 Å². The molecule has 0 radical (unpaired) electrons. The average Bonchev–Trinajstić information content (AvgIpc) is 3.43. The second-order valence-corrected chi connectivity index (χ2v) is 9.88. The van der Waals surface area contributed by atoms with Crippen molar-refractivity contribution in [1.82, 2.24) is 10.4 Å². The summed E-state index contributed by atoms with van der Waals surface area (Å²) in [6.45, 7) is 0. The van der Waals surface area contributed by atoms with Gasteiger partial charge in [0.2, 0.25) is 0 Å². The van der Waals surface area contributed by atoms with Crippen molar-refractivity contribution in [2.24, 2.45) is 5.10 Å². The summed E-state index contributed by atoms with van der Waals surface area (Å²) < 4.78 is 22.8. The van der Waals surface area contributed by atoms with Crippen molar-refractivity contribution in [3.05, 3.63) is 106 Å². The topological polar surface area (TPSA) is 111 Å². The van der Waals surface area contributed by atoms with Gasteiger partial charge in [-0.1, -0.05) is 52.3 Å². The van der Waals surface area contributed by atoms with Crippen molar-refractivity contribution in [2.45, 2.75) is 0 Å². The van der Waals surface area contributed by atoms with Gasteiger partial charge in [-0.05, 0) is 54.1 Å². The molecule has 0 atom stereocenters. The van der Waals surface area contributed by atoms with Crippen LogP contribution in [0, 0.1) is 0 Å². The molecule has 0 bridgehead atoms. The molecule has 42 heavy (non-hydrogen) atoms.